The van der Waals surface area contributed by atoms with E-state index in [0.717, 1.165) is 39.3 Å². The summed E-state index contributed by atoms with van der Waals surface area (Å²) in [6.07, 6.45) is 4.04. The van der Waals surface area contributed by atoms with E-state index in [-0.39, 0.29) is 0 Å². The van der Waals surface area contributed by atoms with Crippen LogP contribution in [0.5, 0.6) is 0 Å². The minimum atomic E-state index is -0.579. The summed E-state index contributed by atoms with van der Waals surface area (Å²) in [6.45, 7) is 8.85. The molecule has 0 amide bonds. The molecule has 0 fully saturated rings. The van der Waals surface area contributed by atoms with Crippen molar-refractivity contribution in [2.45, 2.75) is 5.41 Å². The Kier molecular flexibility index (Phi) is 9.40. The maximum absolute atomic E-state index is 4.70. The minimum absolute atomic E-state index is 0.579. The smallest absolute Gasteiger partial charge is 0.0714 e. The summed E-state index contributed by atoms with van der Waals surface area (Å²) in [7, 11) is 0. The first-order chi connectivity index (χ1) is 31.1. The van der Waals surface area contributed by atoms with Crippen molar-refractivity contribution >= 4 is 44.4 Å². The van der Waals surface area contributed by atoms with Gasteiger partial charge in [0.05, 0.1) is 16.4 Å². The molecule has 1 aliphatic carbocycles. The van der Waals surface area contributed by atoms with E-state index < -0.39 is 5.41 Å². The van der Waals surface area contributed by atoms with Crippen molar-refractivity contribution in [3.05, 3.63) is 284 Å². The average molecular weight is 805 g/mol. The van der Waals surface area contributed by atoms with Gasteiger partial charge in [-0.05, 0) is 122 Å². The van der Waals surface area contributed by atoms with E-state index in [0.29, 0.717) is 0 Å². The molecule has 1 aliphatic rings. The number of hydrogen-bond donors (Lipinski definition) is 0. The standard InChI is InChI=1S/C61H44N2/c1-3-18-57-43(2)54-39-38-53(42-58(54)61(57,48-19-8-4-9-20-48)49-21-10-5-11-22-49)62(50-23-12-6-13-24-50)52-36-33-45(34-37-52)44-29-31-46(32-30-44)47-35-40-60-56(41-47)55-27-16-17-28-59(55)63(60)51-25-14-7-15-26-51/h3-42H,1-2H2/b57-18+. The Morgan fingerprint density at radius 1 is 0.429 bits per heavy atom. The minimum Gasteiger partial charge on any atom is -0.310 e. The van der Waals surface area contributed by atoms with Crippen molar-refractivity contribution in [2.75, 3.05) is 4.90 Å². The van der Waals surface area contributed by atoms with Crippen molar-refractivity contribution in [1.29, 1.82) is 0 Å². The molecule has 0 radical (unpaired) electrons. The Labute approximate surface area is 369 Å². The third-order valence-corrected chi connectivity index (χ3v) is 12.8. The van der Waals surface area contributed by atoms with E-state index in [4.69, 9.17) is 6.58 Å². The number of fused-ring (bicyclic) bond motifs is 4. The Morgan fingerprint density at radius 3 is 1.56 bits per heavy atom. The summed E-state index contributed by atoms with van der Waals surface area (Å²) >= 11 is 0. The molecular formula is C61H44N2. The van der Waals surface area contributed by atoms with Gasteiger partial charge < -0.3 is 9.47 Å². The zero-order chi connectivity index (χ0) is 42.3. The predicted molar refractivity (Wildman–Crippen MR) is 266 cm³/mol. The van der Waals surface area contributed by atoms with Crippen LogP contribution >= 0.6 is 0 Å². The van der Waals surface area contributed by atoms with Crippen LogP contribution in [0, 0.1) is 0 Å². The van der Waals surface area contributed by atoms with Crippen LogP contribution in [0.3, 0.4) is 0 Å². The van der Waals surface area contributed by atoms with Crippen molar-refractivity contribution < 1.29 is 0 Å². The van der Waals surface area contributed by atoms with Gasteiger partial charge in [0.25, 0.3) is 0 Å². The number of nitrogens with zero attached hydrogens (tertiary/aromatic N) is 2. The second kappa shape index (κ2) is 15.7. The molecule has 298 valence electrons. The second-order valence-corrected chi connectivity index (χ2v) is 16.2. The van der Waals surface area contributed by atoms with Gasteiger partial charge in [0, 0.05) is 33.5 Å². The molecule has 0 N–H and O–H groups in total. The lowest BCUT2D eigenvalue weighted by Gasteiger charge is -2.35. The fourth-order valence-corrected chi connectivity index (χ4v) is 9.96. The number of allylic oxidation sites excluding steroid dienone is 4. The molecule has 10 aromatic rings. The predicted octanol–water partition coefficient (Wildman–Crippen LogP) is 16.1. The average Bonchev–Trinajstić information content (AvgIpc) is 3.81. The van der Waals surface area contributed by atoms with Gasteiger partial charge in [-0.3, -0.25) is 0 Å². The summed E-state index contributed by atoms with van der Waals surface area (Å²) < 4.78 is 2.36. The highest BCUT2D eigenvalue weighted by molar-refractivity contribution is 6.10. The van der Waals surface area contributed by atoms with Gasteiger partial charge >= 0.3 is 0 Å². The van der Waals surface area contributed by atoms with Gasteiger partial charge in [-0.1, -0.05) is 189 Å². The van der Waals surface area contributed by atoms with Crippen molar-refractivity contribution in [2.24, 2.45) is 0 Å². The first-order valence-corrected chi connectivity index (χ1v) is 21.6. The van der Waals surface area contributed by atoms with Crippen LogP contribution in [0.2, 0.25) is 0 Å². The largest absolute Gasteiger partial charge is 0.310 e. The molecule has 0 saturated heterocycles. The van der Waals surface area contributed by atoms with E-state index >= 15 is 0 Å². The molecular weight excluding hydrogens is 761 g/mol. The number of hydrogen-bond acceptors (Lipinski definition) is 1. The number of rotatable bonds is 9. The maximum atomic E-state index is 4.70. The molecule has 0 unspecified atom stereocenters. The van der Waals surface area contributed by atoms with Gasteiger partial charge in [0.1, 0.15) is 0 Å². The van der Waals surface area contributed by atoms with Gasteiger partial charge in [-0.2, -0.15) is 0 Å². The van der Waals surface area contributed by atoms with E-state index in [9.17, 15) is 0 Å². The highest BCUT2D eigenvalue weighted by Gasteiger charge is 2.47. The summed E-state index contributed by atoms with van der Waals surface area (Å²) in [5.74, 6) is 0. The van der Waals surface area contributed by atoms with Crippen molar-refractivity contribution in [3.63, 3.8) is 0 Å². The molecule has 0 bridgehead atoms. The monoisotopic (exact) mass is 804 g/mol. The Balaban J connectivity index is 0.963. The van der Waals surface area contributed by atoms with Crippen LogP contribution in [0.25, 0.3) is 55.3 Å². The van der Waals surface area contributed by atoms with E-state index in [1.807, 2.05) is 6.08 Å². The zero-order valence-electron chi connectivity index (χ0n) is 34.9. The van der Waals surface area contributed by atoms with Crippen LogP contribution < -0.4 is 4.90 Å². The normalized spacial score (nSPS) is 13.7. The summed E-state index contributed by atoms with van der Waals surface area (Å²) in [5, 5.41) is 2.51. The molecule has 2 nitrogen and oxygen atoms in total. The first kappa shape index (κ1) is 37.8. The van der Waals surface area contributed by atoms with Gasteiger partial charge in [0.15, 0.2) is 0 Å². The molecule has 0 spiro atoms. The number of para-hydroxylation sites is 3. The topological polar surface area (TPSA) is 8.17 Å². The van der Waals surface area contributed by atoms with E-state index in [1.165, 1.54) is 60.9 Å². The lowest BCUT2D eigenvalue weighted by molar-refractivity contribution is 0.769. The third-order valence-electron chi connectivity index (χ3n) is 12.8. The zero-order valence-corrected chi connectivity index (χ0v) is 34.9. The number of anilines is 3. The van der Waals surface area contributed by atoms with Gasteiger partial charge in [0.2, 0.25) is 0 Å². The first-order valence-electron chi connectivity index (χ1n) is 21.6. The molecule has 0 saturated carbocycles. The quantitative estimate of drug-likeness (QED) is 0.141. The summed E-state index contributed by atoms with van der Waals surface area (Å²) in [4.78, 5) is 2.36. The molecule has 11 rings (SSSR count). The van der Waals surface area contributed by atoms with Crippen molar-refractivity contribution in [3.8, 4) is 27.9 Å². The summed E-state index contributed by atoms with van der Waals surface area (Å²) in [6, 6.07) is 83.3. The van der Waals surface area contributed by atoms with Crippen LogP contribution in [-0.2, 0) is 5.41 Å². The summed E-state index contributed by atoms with van der Waals surface area (Å²) in [5.41, 5.74) is 17.9. The SMILES string of the molecule is C=C/C=C1\C(=C)c2ccc(N(c3ccccc3)c3ccc(-c4ccc(-c5ccc6c(c5)c5ccccc5n6-c5ccccc5)cc4)cc3)cc2C1(c1ccccc1)c1ccccc1. The van der Waals surface area contributed by atoms with Gasteiger partial charge in [-0.15, -0.1) is 0 Å². The Morgan fingerprint density at radius 2 is 0.921 bits per heavy atom. The Hall–Kier alpha value is -8.20. The van der Waals surface area contributed by atoms with E-state index in [1.54, 1.807) is 0 Å². The molecule has 63 heavy (non-hydrogen) atoms. The molecule has 1 aromatic heterocycles. The van der Waals surface area contributed by atoms with E-state index in [2.05, 4.69) is 253 Å². The Bertz CT molecular complexity index is 3280. The fourth-order valence-electron chi connectivity index (χ4n) is 9.96. The van der Waals surface area contributed by atoms with Crippen LogP contribution in [0.15, 0.2) is 261 Å². The lowest BCUT2D eigenvalue weighted by Crippen LogP contribution is -2.28. The van der Waals surface area contributed by atoms with Crippen LogP contribution in [-0.4, -0.2) is 4.57 Å². The third kappa shape index (κ3) is 6.26. The van der Waals surface area contributed by atoms with Crippen LogP contribution in [0.4, 0.5) is 17.1 Å². The molecule has 0 aliphatic heterocycles. The van der Waals surface area contributed by atoms with Gasteiger partial charge in [-0.25, -0.2) is 0 Å². The van der Waals surface area contributed by atoms with Crippen molar-refractivity contribution in [1.82, 2.24) is 4.57 Å². The fraction of sp³-hybridized carbons (Fsp3) is 0.0164. The molecule has 1 heterocycles. The second-order valence-electron chi connectivity index (χ2n) is 16.2. The number of aromatic nitrogens is 1. The molecule has 9 aromatic carbocycles. The highest BCUT2D eigenvalue weighted by atomic mass is 15.1. The maximum Gasteiger partial charge on any atom is 0.0714 e. The van der Waals surface area contributed by atoms with Crippen LogP contribution in [0.1, 0.15) is 22.3 Å². The number of benzene rings is 9. The molecule has 0 atom stereocenters. The molecule has 2 heteroatoms. The lowest BCUT2D eigenvalue weighted by atomic mass is 9.67. The highest BCUT2D eigenvalue weighted by Crippen LogP contribution is 2.58.